The topological polar surface area (TPSA) is 95.7 Å². The number of carbonyl (C=O) groups is 1. The van der Waals surface area contributed by atoms with Crippen molar-refractivity contribution >= 4 is 21.5 Å². The minimum absolute atomic E-state index is 0.0648. The zero-order valence-electron chi connectivity index (χ0n) is 16.0. The number of aromatic nitrogens is 1. The van der Waals surface area contributed by atoms with Crippen LogP contribution in [0, 0.1) is 17.2 Å². The van der Waals surface area contributed by atoms with Crippen molar-refractivity contribution in [3.63, 3.8) is 0 Å². The van der Waals surface area contributed by atoms with Crippen molar-refractivity contribution in [1.29, 1.82) is 5.26 Å². The summed E-state index contributed by atoms with van der Waals surface area (Å²) in [5, 5.41) is 9.03. The van der Waals surface area contributed by atoms with Gasteiger partial charge in [-0.05, 0) is 50.2 Å². The van der Waals surface area contributed by atoms with Crippen molar-refractivity contribution < 1.29 is 13.7 Å². The molecule has 3 atom stereocenters. The molecular weight excluding hydrogens is 376 g/mol. The predicted octanol–water partition coefficient (Wildman–Crippen LogP) is 2.51. The van der Waals surface area contributed by atoms with Gasteiger partial charge in [0.15, 0.2) is 0 Å². The van der Waals surface area contributed by atoms with Crippen molar-refractivity contribution in [3.8, 4) is 6.07 Å². The van der Waals surface area contributed by atoms with Gasteiger partial charge in [0.1, 0.15) is 17.6 Å². The first-order valence-corrected chi connectivity index (χ1v) is 11.9. The molecular formula is C20H26N4O3S. The van der Waals surface area contributed by atoms with E-state index in [-0.39, 0.29) is 18.4 Å². The maximum atomic E-state index is 13.2. The minimum atomic E-state index is -2.56. The number of ether oxygens (including phenoxy) is 1. The molecule has 150 valence electrons. The molecule has 1 aromatic heterocycles. The van der Waals surface area contributed by atoms with Gasteiger partial charge in [0.25, 0.3) is 5.91 Å². The highest BCUT2D eigenvalue weighted by Gasteiger charge is 2.38. The van der Waals surface area contributed by atoms with Crippen molar-refractivity contribution in [1.82, 2.24) is 4.98 Å². The van der Waals surface area contributed by atoms with Crippen LogP contribution in [0.5, 0.6) is 0 Å². The second kappa shape index (κ2) is 8.18. The van der Waals surface area contributed by atoms with Crippen LogP contribution in [0.15, 0.2) is 22.6 Å². The lowest BCUT2D eigenvalue weighted by atomic mass is 10.1. The van der Waals surface area contributed by atoms with E-state index < -0.39 is 9.73 Å². The van der Waals surface area contributed by atoms with Gasteiger partial charge < -0.3 is 9.64 Å². The van der Waals surface area contributed by atoms with Gasteiger partial charge in [-0.15, -0.1) is 0 Å². The summed E-state index contributed by atoms with van der Waals surface area (Å²) >= 11 is 0. The molecule has 1 saturated carbocycles. The minimum Gasteiger partial charge on any atom is -0.374 e. The summed E-state index contributed by atoms with van der Waals surface area (Å²) in [6.45, 7) is 1.21. The molecule has 0 spiro atoms. The third kappa shape index (κ3) is 4.70. The molecule has 0 bridgehead atoms. The Hall–Kier alpha value is -1.98. The fraction of sp³-hybridized carbons (Fsp3) is 0.650. The van der Waals surface area contributed by atoms with Gasteiger partial charge in [-0.25, -0.2) is 9.19 Å². The molecule has 3 heterocycles. The maximum Gasteiger partial charge on any atom is 0.256 e. The maximum absolute atomic E-state index is 13.2. The molecule has 0 N–H and O–H groups in total. The van der Waals surface area contributed by atoms with Crippen LogP contribution < -0.4 is 4.90 Å². The number of anilines is 1. The van der Waals surface area contributed by atoms with Gasteiger partial charge in [0.05, 0.1) is 28.4 Å². The van der Waals surface area contributed by atoms with Gasteiger partial charge in [-0.2, -0.15) is 9.62 Å². The summed E-state index contributed by atoms with van der Waals surface area (Å²) < 4.78 is 23.3. The highest BCUT2D eigenvalue weighted by Crippen LogP contribution is 2.40. The van der Waals surface area contributed by atoms with Crippen LogP contribution in [0.4, 0.5) is 5.82 Å². The number of nitrogens with zero attached hydrogens (tertiary/aromatic N) is 4. The fourth-order valence-corrected chi connectivity index (χ4v) is 5.96. The molecule has 0 aromatic carbocycles. The molecule has 3 fully saturated rings. The smallest absolute Gasteiger partial charge is 0.256 e. The highest BCUT2D eigenvalue weighted by molar-refractivity contribution is 7.93. The third-order valence-electron chi connectivity index (χ3n) is 5.70. The SMILES string of the molecule is N#Cc1cccc(N2CCCS(=O)(=NC(=O)CC3CCC(C4CC4)O3)CC2)n1. The lowest BCUT2D eigenvalue weighted by molar-refractivity contribution is -0.120. The number of nitriles is 1. The Bertz CT molecular complexity index is 899. The number of pyridine rings is 1. The van der Waals surface area contributed by atoms with E-state index in [1.165, 1.54) is 12.8 Å². The van der Waals surface area contributed by atoms with E-state index in [1.807, 2.05) is 17.0 Å². The Balaban J connectivity index is 1.37. The van der Waals surface area contributed by atoms with Crippen LogP contribution in [0.25, 0.3) is 0 Å². The molecule has 1 aliphatic carbocycles. The van der Waals surface area contributed by atoms with Crippen LogP contribution in [0.3, 0.4) is 0 Å². The first kappa shape index (κ1) is 19.3. The average Bonchev–Trinajstić information content (AvgIpc) is 3.46. The lowest BCUT2D eigenvalue weighted by Gasteiger charge is -2.20. The van der Waals surface area contributed by atoms with E-state index in [4.69, 9.17) is 10.00 Å². The molecule has 3 aliphatic rings. The third-order valence-corrected chi connectivity index (χ3v) is 7.99. The van der Waals surface area contributed by atoms with E-state index in [0.717, 1.165) is 12.8 Å². The number of hydrogen-bond acceptors (Lipinski definition) is 6. The van der Waals surface area contributed by atoms with Crippen molar-refractivity contribution in [3.05, 3.63) is 23.9 Å². The number of carbonyl (C=O) groups excluding carboxylic acids is 1. The summed E-state index contributed by atoms with van der Waals surface area (Å²) in [4.78, 5) is 18.8. The number of rotatable bonds is 4. The Labute approximate surface area is 166 Å². The molecule has 8 heteroatoms. The fourth-order valence-electron chi connectivity index (χ4n) is 4.05. The summed E-state index contributed by atoms with van der Waals surface area (Å²) in [6, 6.07) is 7.36. The highest BCUT2D eigenvalue weighted by atomic mass is 32.2. The van der Waals surface area contributed by atoms with E-state index >= 15 is 0 Å². The van der Waals surface area contributed by atoms with Gasteiger partial charge in [-0.1, -0.05) is 6.07 Å². The monoisotopic (exact) mass is 402 g/mol. The molecule has 1 aromatic rings. The molecule has 1 amide bonds. The zero-order chi connectivity index (χ0) is 19.6. The van der Waals surface area contributed by atoms with Gasteiger partial charge in [0.2, 0.25) is 0 Å². The molecule has 3 unspecified atom stereocenters. The zero-order valence-corrected chi connectivity index (χ0v) is 16.8. The Morgan fingerprint density at radius 2 is 2.14 bits per heavy atom. The van der Waals surface area contributed by atoms with Gasteiger partial charge in [0, 0.05) is 24.6 Å². The molecule has 28 heavy (non-hydrogen) atoms. The molecule has 4 rings (SSSR count). The van der Waals surface area contributed by atoms with Gasteiger partial charge >= 0.3 is 0 Å². The Morgan fingerprint density at radius 3 is 2.93 bits per heavy atom. The lowest BCUT2D eigenvalue weighted by Crippen LogP contribution is -2.27. The molecule has 2 aliphatic heterocycles. The van der Waals surface area contributed by atoms with Crippen molar-refractivity contribution in [2.24, 2.45) is 10.3 Å². The molecule has 7 nitrogen and oxygen atoms in total. The summed E-state index contributed by atoms with van der Waals surface area (Å²) in [7, 11) is -2.56. The van der Waals surface area contributed by atoms with Crippen molar-refractivity contribution in [2.75, 3.05) is 29.5 Å². The van der Waals surface area contributed by atoms with Crippen LogP contribution in [0.2, 0.25) is 0 Å². The first-order chi connectivity index (χ1) is 13.5. The van der Waals surface area contributed by atoms with Crippen LogP contribution in [-0.4, -0.2) is 51.9 Å². The van der Waals surface area contributed by atoms with Crippen LogP contribution in [-0.2, 0) is 19.3 Å². The summed E-state index contributed by atoms with van der Waals surface area (Å²) in [5.74, 6) is 1.87. The Kier molecular flexibility index (Phi) is 5.65. The predicted molar refractivity (Wildman–Crippen MR) is 106 cm³/mol. The molecule has 0 radical (unpaired) electrons. The van der Waals surface area contributed by atoms with Crippen LogP contribution in [0.1, 0.15) is 44.2 Å². The van der Waals surface area contributed by atoms with Crippen molar-refractivity contribution in [2.45, 2.75) is 50.7 Å². The quantitative estimate of drug-likeness (QED) is 0.768. The second-order valence-electron chi connectivity index (χ2n) is 7.91. The van der Waals surface area contributed by atoms with Gasteiger partial charge in [-0.3, -0.25) is 4.79 Å². The molecule has 2 saturated heterocycles. The van der Waals surface area contributed by atoms with E-state index in [9.17, 15) is 9.00 Å². The normalized spacial score (nSPS) is 30.5. The number of amides is 1. The summed E-state index contributed by atoms with van der Waals surface area (Å²) in [5.41, 5.74) is 0.364. The standard InChI is InChI=1S/C20H26N4O3S/c21-14-16-3-1-4-19(22-16)24-9-2-11-28(26,12-10-24)23-20(25)13-17-7-8-18(27-17)15-5-6-15/h1,3-4,15,17-18H,2,5-13H2. The second-order valence-corrected chi connectivity index (χ2v) is 10.5. The Morgan fingerprint density at radius 1 is 1.29 bits per heavy atom. The average molecular weight is 403 g/mol. The van der Waals surface area contributed by atoms with E-state index in [0.29, 0.717) is 54.5 Å². The van der Waals surface area contributed by atoms with Crippen LogP contribution >= 0.6 is 0 Å². The van der Waals surface area contributed by atoms with E-state index in [2.05, 4.69) is 9.35 Å². The van der Waals surface area contributed by atoms with E-state index in [1.54, 1.807) is 12.1 Å². The number of hydrogen-bond donors (Lipinski definition) is 0. The first-order valence-electron chi connectivity index (χ1n) is 10.1. The largest absolute Gasteiger partial charge is 0.374 e. The summed E-state index contributed by atoms with van der Waals surface area (Å²) in [6.07, 6.45) is 5.59.